The van der Waals surface area contributed by atoms with Crippen LogP contribution in [-0.4, -0.2) is 34.9 Å². The van der Waals surface area contributed by atoms with Crippen molar-refractivity contribution < 1.29 is 9.84 Å². The molecule has 0 spiro atoms. The minimum Gasteiger partial charge on any atom is -0.396 e. The van der Waals surface area contributed by atoms with E-state index in [1.54, 1.807) is 6.20 Å². The highest BCUT2D eigenvalue weighted by atomic mass is 16.5. The quantitative estimate of drug-likeness (QED) is 0.728. The summed E-state index contributed by atoms with van der Waals surface area (Å²) in [5.41, 5.74) is 6.63. The molecule has 5 nitrogen and oxygen atoms in total. The first-order valence-electron chi connectivity index (χ1n) is 5.81. The Kier molecular flexibility index (Phi) is 3.22. The summed E-state index contributed by atoms with van der Waals surface area (Å²) in [5.74, 6) is 0.614. The number of pyridine rings is 1. The molecular formula is C12H19N3O2. The van der Waals surface area contributed by atoms with Crippen molar-refractivity contribution in [2.75, 3.05) is 24.2 Å². The van der Waals surface area contributed by atoms with Crippen molar-refractivity contribution in [2.45, 2.75) is 32.0 Å². The van der Waals surface area contributed by atoms with Crippen LogP contribution in [-0.2, 0) is 4.74 Å². The molecule has 2 atom stereocenters. The van der Waals surface area contributed by atoms with Gasteiger partial charge >= 0.3 is 0 Å². The number of nitrogens with two attached hydrogens (primary N) is 1. The predicted octanol–water partition coefficient (Wildman–Crippen LogP) is 0.924. The molecule has 2 unspecified atom stereocenters. The molecule has 1 fully saturated rings. The second kappa shape index (κ2) is 4.50. The molecule has 94 valence electrons. The highest BCUT2D eigenvalue weighted by Crippen LogP contribution is 2.26. The van der Waals surface area contributed by atoms with Crippen LogP contribution in [0.2, 0.25) is 0 Å². The van der Waals surface area contributed by atoms with Gasteiger partial charge in [-0.15, -0.1) is 0 Å². The van der Waals surface area contributed by atoms with Gasteiger partial charge in [0.05, 0.1) is 11.8 Å². The van der Waals surface area contributed by atoms with E-state index < -0.39 is 5.60 Å². The first-order chi connectivity index (χ1) is 8.01. The van der Waals surface area contributed by atoms with Crippen molar-refractivity contribution >= 4 is 11.5 Å². The number of rotatable bonds is 3. The van der Waals surface area contributed by atoms with Crippen molar-refractivity contribution in [3.05, 3.63) is 17.8 Å². The fourth-order valence-electron chi connectivity index (χ4n) is 1.98. The second-order valence-electron chi connectivity index (χ2n) is 4.67. The Morgan fingerprint density at radius 2 is 2.47 bits per heavy atom. The van der Waals surface area contributed by atoms with E-state index in [4.69, 9.17) is 10.5 Å². The molecule has 2 heterocycles. The Bertz CT molecular complexity index is 411. The number of nitrogens with one attached hydrogen (secondary N) is 1. The summed E-state index contributed by atoms with van der Waals surface area (Å²) >= 11 is 0. The maximum Gasteiger partial charge on any atom is 0.149 e. The van der Waals surface area contributed by atoms with Gasteiger partial charge in [-0.1, -0.05) is 0 Å². The lowest BCUT2D eigenvalue weighted by Crippen LogP contribution is -2.43. The van der Waals surface area contributed by atoms with Gasteiger partial charge in [0, 0.05) is 25.8 Å². The average Bonchev–Trinajstić information content (AvgIpc) is 2.59. The van der Waals surface area contributed by atoms with E-state index in [-0.39, 0.29) is 6.10 Å². The second-order valence-corrected chi connectivity index (χ2v) is 4.67. The fourth-order valence-corrected chi connectivity index (χ4v) is 1.98. The molecular weight excluding hydrogens is 218 g/mol. The number of anilines is 2. The molecule has 2 rings (SSSR count). The summed E-state index contributed by atoms with van der Waals surface area (Å²) in [6.45, 7) is 4.80. The molecule has 1 aromatic rings. The Labute approximate surface area is 101 Å². The van der Waals surface area contributed by atoms with E-state index >= 15 is 0 Å². The normalized spacial score (nSPS) is 28.3. The van der Waals surface area contributed by atoms with Gasteiger partial charge in [0.1, 0.15) is 11.4 Å². The Morgan fingerprint density at radius 3 is 3.06 bits per heavy atom. The van der Waals surface area contributed by atoms with Gasteiger partial charge in [-0.2, -0.15) is 0 Å². The lowest BCUT2D eigenvalue weighted by Gasteiger charge is -2.26. The lowest BCUT2D eigenvalue weighted by molar-refractivity contribution is -0.0176. The van der Waals surface area contributed by atoms with Gasteiger partial charge in [0.25, 0.3) is 0 Å². The van der Waals surface area contributed by atoms with Crippen molar-refractivity contribution in [1.82, 2.24) is 4.98 Å². The number of hydrogen-bond acceptors (Lipinski definition) is 5. The van der Waals surface area contributed by atoms with Crippen molar-refractivity contribution in [1.29, 1.82) is 0 Å². The fraction of sp³-hybridized carbons (Fsp3) is 0.583. The van der Waals surface area contributed by atoms with E-state index in [1.165, 1.54) is 0 Å². The van der Waals surface area contributed by atoms with Crippen LogP contribution in [0.1, 0.15) is 18.9 Å². The van der Waals surface area contributed by atoms with Gasteiger partial charge in [-0.05, 0) is 25.5 Å². The molecule has 1 aromatic heterocycles. The van der Waals surface area contributed by atoms with E-state index in [0.717, 1.165) is 5.56 Å². The Morgan fingerprint density at radius 1 is 1.71 bits per heavy atom. The Hall–Kier alpha value is -1.33. The number of hydrogen-bond donors (Lipinski definition) is 3. The van der Waals surface area contributed by atoms with Gasteiger partial charge < -0.3 is 20.9 Å². The molecule has 0 radical (unpaired) electrons. The largest absolute Gasteiger partial charge is 0.396 e. The van der Waals surface area contributed by atoms with Gasteiger partial charge in [0.2, 0.25) is 0 Å². The zero-order valence-electron chi connectivity index (χ0n) is 10.2. The maximum atomic E-state index is 10.3. The van der Waals surface area contributed by atoms with Crippen molar-refractivity contribution in [2.24, 2.45) is 0 Å². The smallest absolute Gasteiger partial charge is 0.149 e. The SMILES string of the molecule is Cc1cnc(NCC2(O)CCOC2C)c(N)c1. The number of aryl methyl sites for hydroxylation is 1. The highest BCUT2D eigenvalue weighted by molar-refractivity contribution is 5.61. The van der Waals surface area contributed by atoms with E-state index in [1.807, 2.05) is 19.9 Å². The molecule has 0 aliphatic carbocycles. The monoisotopic (exact) mass is 237 g/mol. The van der Waals surface area contributed by atoms with Gasteiger partial charge in [-0.25, -0.2) is 4.98 Å². The van der Waals surface area contributed by atoms with E-state index in [9.17, 15) is 5.11 Å². The van der Waals surface area contributed by atoms with Crippen LogP contribution in [0, 0.1) is 6.92 Å². The zero-order valence-corrected chi connectivity index (χ0v) is 10.2. The van der Waals surface area contributed by atoms with Crippen LogP contribution in [0.3, 0.4) is 0 Å². The minimum atomic E-state index is -0.834. The third-order valence-electron chi connectivity index (χ3n) is 3.28. The topological polar surface area (TPSA) is 80.4 Å². The van der Waals surface area contributed by atoms with Crippen molar-refractivity contribution in [3.8, 4) is 0 Å². The third-order valence-corrected chi connectivity index (χ3v) is 3.28. The summed E-state index contributed by atoms with van der Waals surface area (Å²) in [6, 6.07) is 1.86. The van der Waals surface area contributed by atoms with Crippen LogP contribution in [0.25, 0.3) is 0 Å². The molecule has 0 saturated carbocycles. The maximum absolute atomic E-state index is 10.3. The predicted molar refractivity (Wildman–Crippen MR) is 66.9 cm³/mol. The van der Waals surface area contributed by atoms with E-state index in [2.05, 4.69) is 10.3 Å². The molecule has 17 heavy (non-hydrogen) atoms. The van der Waals surface area contributed by atoms with Crippen LogP contribution in [0.15, 0.2) is 12.3 Å². The molecule has 0 amide bonds. The van der Waals surface area contributed by atoms with Crippen LogP contribution >= 0.6 is 0 Å². The number of nitrogens with zero attached hydrogens (tertiary/aromatic N) is 1. The first kappa shape index (κ1) is 12.1. The molecule has 0 aromatic carbocycles. The molecule has 1 aliphatic heterocycles. The summed E-state index contributed by atoms with van der Waals surface area (Å²) < 4.78 is 5.36. The summed E-state index contributed by atoms with van der Waals surface area (Å²) in [7, 11) is 0. The highest BCUT2D eigenvalue weighted by Gasteiger charge is 2.39. The molecule has 1 saturated heterocycles. The zero-order chi connectivity index (χ0) is 12.5. The summed E-state index contributed by atoms with van der Waals surface area (Å²) in [6.07, 6.45) is 2.21. The van der Waals surface area contributed by atoms with Crippen LogP contribution in [0.5, 0.6) is 0 Å². The third kappa shape index (κ3) is 2.50. The average molecular weight is 237 g/mol. The lowest BCUT2D eigenvalue weighted by atomic mass is 9.97. The van der Waals surface area contributed by atoms with Crippen LogP contribution in [0.4, 0.5) is 11.5 Å². The standard InChI is InChI=1S/C12H19N3O2/c1-8-5-10(13)11(14-6-8)15-7-12(16)3-4-17-9(12)2/h5-6,9,16H,3-4,7,13H2,1-2H3,(H,14,15). The number of aliphatic hydroxyl groups is 1. The minimum absolute atomic E-state index is 0.165. The number of aromatic nitrogens is 1. The molecule has 1 aliphatic rings. The van der Waals surface area contributed by atoms with Gasteiger partial charge in [-0.3, -0.25) is 0 Å². The molecule has 5 heteroatoms. The Balaban J connectivity index is 2.02. The van der Waals surface area contributed by atoms with Crippen molar-refractivity contribution in [3.63, 3.8) is 0 Å². The van der Waals surface area contributed by atoms with E-state index in [0.29, 0.717) is 31.1 Å². The first-order valence-corrected chi connectivity index (χ1v) is 5.81. The van der Waals surface area contributed by atoms with Gasteiger partial charge in [0.15, 0.2) is 0 Å². The summed E-state index contributed by atoms with van der Waals surface area (Å²) in [5, 5.41) is 13.4. The molecule has 0 bridgehead atoms. The van der Waals surface area contributed by atoms with Crippen LogP contribution < -0.4 is 11.1 Å². The summed E-state index contributed by atoms with van der Waals surface area (Å²) in [4.78, 5) is 4.21. The number of nitrogen functional groups attached to an aromatic ring is 1. The molecule has 4 N–H and O–H groups in total. The number of ether oxygens (including phenoxy) is 1.